The van der Waals surface area contributed by atoms with Crippen molar-refractivity contribution in [3.8, 4) is 17.4 Å². The van der Waals surface area contributed by atoms with Gasteiger partial charge in [-0.05, 0) is 29.8 Å². The minimum Gasteiger partial charge on any atom is -0.467 e. The number of ether oxygens (including phenoxy) is 1. The van der Waals surface area contributed by atoms with Crippen molar-refractivity contribution in [3.05, 3.63) is 59.7 Å². The van der Waals surface area contributed by atoms with E-state index in [2.05, 4.69) is 20.3 Å². The molecule has 3 rings (SSSR count). The fraction of sp³-hybridized carbons (Fsp3) is 0.167. The fourth-order valence-corrected chi connectivity index (χ4v) is 2.37. The third kappa shape index (κ3) is 4.63. The first-order valence-electron chi connectivity index (χ1n) is 7.91. The minimum atomic E-state index is -4.40. The molecule has 0 spiro atoms. The van der Waals surface area contributed by atoms with Crippen LogP contribution in [0.1, 0.15) is 11.1 Å². The number of aromatic nitrogens is 3. The standard InChI is InChI=1S/C18H16F3N5O/c1-27-17-25-15(12-5-3-7-14(22)9-12)24-16(26-17)23-10-11-4-2-6-13(8-11)18(19,20)21/h2-9H,10,22H2,1H3,(H,23,24,25,26). The number of rotatable bonds is 5. The number of halogens is 3. The maximum atomic E-state index is 12.8. The number of anilines is 2. The second-order valence-corrected chi connectivity index (χ2v) is 5.65. The molecule has 0 unspecified atom stereocenters. The number of nitrogens with one attached hydrogen (secondary N) is 1. The van der Waals surface area contributed by atoms with E-state index < -0.39 is 11.7 Å². The van der Waals surface area contributed by atoms with Crippen LogP contribution in [0.25, 0.3) is 11.4 Å². The summed E-state index contributed by atoms with van der Waals surface area (Å²) in [4.78, 5) is 12.5. The molecule has 2 aromatic carbocycles. The predicted octanol–water partition coefficient (Wildman–Crippen LogP) is 3.76. The lowest BCUT2D eigenvalue weighted by molar-refractivity contribution is -0.137. The van der Waals surface area contributed by atoms with E-state index in [9.17, 15) is 13.2 Å². The van der Waals surface area contributed by atoms with Gasteiger partial charge >= 0.3 is 12.2 Å². The van der Waals surface area contributed by atoms with Gasteiger partial charge in [0.05, 0.1) is 12.7 Å². The molecule has 0 bridgehead atoms. The van der Waals surface area contributed by atoms with Gasteiger partial charge in [0.25, 0.3) is 0 Å². The molecule has 0 amide bonds. The van der Waals surface area contributed by atoms with Crippen molar-refractivity contribution in [2.45, 2.75) is 12.7 Å². The highest BCUT2D eigenvalue weighted by Crippen LogP contribution is 2.29. The third-order valence-corrected chi connectivity index (χ3v) is 3.65. The molecule has 1 aromatic heterocycles. The summed E-state index contributed by atoms with van der Waals surface area (Å²) in [5.41, 5.74) is 6.72. The number of hydrogen-bond acceptors (Lipinski definition) is 6. The zero-order valence-electron chi connectivity index (χ0n) is 14.3. The van der Waals surface area contributed by atoms with Crippen LogP contribution in [0.3, 0.4) is 0 Å². The summed E-state index contributed by atoms with van der Waals surface area (Å²) >= 11 is 0. The van der Waals surface area contributed by atoms with Gasteiger partial charge in [0.15, 0.2) is 5.82 Å². The minimum absolute atomic E-state index is 0.0777. The first kappa shape index (κ1) is 18.4. The Hall–Kier alpha value is -3.36. The van der Waals surface area contributed by atoms with Crippen LogP contribution < -0.4 is 15.8 Å². The van der Waals surface area contributed by atoms with Gasteiger partial charge in [-0.1, -0.05) is 24.3 Å². The molecule has 9 heteroatoms. The van der Waals surface area contributed by atoms with E-state index in [-0.39, 0.29) is 18.5 Å². The smallest absolute Gasteiger partial charge is 0.416 e. The first-order chi connectivity index (χ1) is 12.8. The zero-order valence-corrected chi connectivity index (χ0v) is 14.3. The van der Waals surface area contributed by atoms with Crippen LogP contribution in [-0.2, 0) is 12.7 Å². The SMILES string of the molecule is COc1nc(NCc2cccc(C(F)(F)F)c2)nc(-c2cccc(N)c2)n1. The summed E-state index contributed by atoms with van der Waals surface area (Å²) in [5.74, 6) is 0.511. The van der Waals surface area contributed by atoms with Crippen LogP contribution in [0.4, 0.5) is 24.8 Å². The second-order valence-electron chi connectivity index (χ2n) is 5.65. The Kier molecular flexibility index (Phi) is 5.11. The number of alkyl halides is 3. The summed E-state index contributed by atoms with van der Waals surface area (Å²) in [6, 6.07) is 12.1. The lowest BCUT2D eigenvalue weighted by Gasteiger charge is -2.11. The Balaban J connectivity index is 1.84. The van der Waals surface area contributed by atoms with Crippen LogP contribution in [0.5, 0.6) is 6.01 Å². The van der Waals surface area contributed by atoms with E-state index in [1.807, 2.05) is 0 Å². The van der Waals surface area contributed by atoms with Gasteiger partial charge in [0.2, 0.25) is 5.95 Å². The van der Waals surface area contributed by atoms with E-state index in [1.165, 1.54) is 13.2 Å². The summed E-state index contributed by atoms with van der Waals surface area (Å²) in [7, 11) is 1.41. The number of nitrogen functional groups attached to an aromatic ring is 1. The molecule has 0 saturated heterocycles. The highest BCUT2D eigenvalue weighted by atomic mass is 19.4. The molecule has 0 aliphatic carbocycles. The van der Waals surface area contributed by atoms with Crippen molar-refractivity contribution in [2.24, 2.45) is 0 Å². The molecule has 0 saturated carbocycles. The van der Waals surface area contributed by atoms with Crippen molar-refractivity contribution in [1.82, 2.24) is 15.0 Å². The molecule has 140 valence electrons. The molecule has 27 heavy (non-hydrogen) atoms. The zero-order chi connectivity index (χ0) is 19.4. The van der Waals surface area contributed by atoms with Gasteiger partial charge in [-0.25, -0.2) is 0 Å². The molecular weight excluding hydrogens is 359 g/mol. The molecule has 0 aliphatic heterocycles. The lowest BCUT2D eigenvalue weighted by atomic mass is 10.1. The van der Waals surface area contributed by atoms with Crippen molar-refractivity contribution in [3.63, 3.8) is 0 Å². The Morgan fingerprint density at radius 1 is 1.04 bits per heavy atom. The van der Waals surface area contributed by atoms with Crippen molar-refractivity contribution < 1.29 is 17.9 Å². The normalized spacial score (nSPS) is 11.3. The Bertz CT molecular complexity index is 946. The monoisotopic (exact) mass is 375 g/mol. The lowest BCUT2D eigenvalue weighted by Crippen LogP contribution is -2.09. The quantitative estimate of drug-likeness (QED) is 0.661. The Morgan fingerprint density at radius 2 is 1.81 bits per heavy atom. The Labute approximate surface area is 153 Å². The van der Waals surface area contributed by atoms with Crippen LogP contribution in [-0.4, -0.2) is 22.1 Å². The molecule has 6 nitrogen and oxygen atoms in total. The number of nitrogens with zero attached hydrogens (tertiary/aromatic N) is 3. The van der Waals surface area contributed by atoms with E-state index in [0.717, 1.165) is 12.1 Å². The van der Waals surface area contributed by atoms with Gasteiger partial charge < -0.3 is 15.8 Å². The molecular formula is C18H16F3N5O. The Morgan fingerprint density at radius 3 is 2.52 bits per heavy atom. The molecule has 0 fully saturated rings. The largest absolute Gasteiger partial charge is 0.467 e. The highest BCUT2D eigenvalue weighted by molar-refractivity contribution is 5.62. The highest BCUT2D eigenvalue weighted by Gasteiger charge is 2.30. The maximum Gasteiger partial charge on any atom is 0.416 e. The maximum absolute atomic E-state index is 12.8. The topological polar surface area (TPSA) is 86.0 Å². The first-order valence-corrected chi connectivity index (χ1v) is 7.91. The summed E-state index contributed by atoms with van der Waals surface area (Å²) in [5, 5.41) is 2.90. The van der Waals surface area contributed by atoms with Gasteiger partial charge in [-0.15, -0.1) is 0 Å². The van der Waals surface area contributed by atoms with Gasteiger partial charge in [-0.3, -0.25) is 0 Å². The average Bonchev–Trinajstić information content (AvgIpc) is 2.65. The van der Waals surface area contributed by atoms with E-state index >= 15 is 0 Å². The van der Waals surface area contributed by atoms with Crippen LogP contribution in [0.15, 0.2) is 48.5 Å². The van der Waals surface area contributed by atoms with Crippen LogP contribution in [0.2, 0.25) is 0 Å². The summed E-state index contributed by atoms with van der Waals surface area (Å²) in [6.07, 6.45) is -4.40. The summed E-state index contributed by atoms with van der Waals surface area (Å²) in [6.45, 7) is 0.105. The van der Waals surface area contributed by atoms with Crippen molar-refractivity contribution >= 4 is 11.6 Å². The van der Waals surface area contributed by atoms with Gasteiger partial charge in [0.1, 0.15) is 0 Å². The van der Waals surface area contributed by atoms with E-state index in [1.54, 1.807) is 30.3 Å². The third-order valence-electron chi connectivity index (χ3n) is 3.65. The van der Waals surface area contributed by atoms with Gasteiger partial charge in [0, 0.05) is 17.8 Å². The second kappa shape index (κ2) is 7.48. The summed E-state index contributed by atoms with van der Waals surface area (Å²) < 4.78 is 43.5. The number of benzene rings is 2. The fourth-order valence-electron chi connectivity index (χ4n) is 2.37. The van der Waals surface area contributed by atoms with Gasteiger partial charge in [-0.2, -0.15) is 28.1 Å². The predicted molar refractivity (Wildman–Crippen MR) is 95.0 cm³/mol. The average molecular weight is 375 g/mol. The molecule has 1 heterocycles. The van der Waals surface area contributed by atoms with E-state index in [4.69, 9.17) is 10.5 Å². The number of nitrogens with two attached hydrogens (primary N) is 1. The van der Waals surface area contributed by atoms with Crippen molar-refractivity contribution in [1.29, 1.82) is 0 Å². The molecule has 0 atom stereocenters. The van der Waals surface area contributed by atoms with Crippen LogP contribution >= 0.6 is 0 Å². The molecule has 3 N–H and O–H groups in total. The van der Waals surface area contributed by atoms with E-state index in [0.29, 0.717) is 22.6 Å². The number of methoxy groups -OCH3 is 1. The number of hydrogen-bond donors (Lipinski definition) is 2. The molecule has 0 radical (unpaired) electrons. The molecule has 0 aliphatic rings. The van der Waals surface area contributed by atoms with Crippen LogP contribution in [0, 0.1) is 0 Å². The molecule has 3 aromatic rings. The van der Waals surface area contributed by atoms with Crippen molar-refractivity contribution in [2.75, 3.05) is 18.2 Å².